The summed E-state index contributed by atoms with van der Waals surface area (Å²) in [5.74, 6) is 0. The number of benzene rings is 1. The maximum absolute atomic E-state index is 3.91. The first-order valence-corrected chi connectivity index (χ1v) is 6.59. The van der Waals surface area contributed by atoms with E-state index in [2.05, 4.69) is 50.1 Å². The van der Waals surface area contributed by atoms with Gasteiger partial charge in [0.2, 0.25) is 0 Å². The van der Waals surface area contributed by atoms with Crippen LogP contribution >= 0.6 is 11.8 Å². The van der Waals surface area contributed by atoms with Crippen LogP contribution in [0.3, 0.4) is 0 Å². The van der Waals surface area contributed by atoms with Crippen molar-refractivity contribution in [3.05, 3.63) is 52.3 Å². The highest BCUT2D eigenvalue weighted by molar-refractivity contribution is 8.05. The summed E-state index contributed by atoms with van der Waals surface area (Å²) in [6, 6.07) is 8.75. The Labute approximate surface area is 103 Å². The minimum atomic E-state index is 1.13. The molecule has 0 amide bonds. The molecule has 0 bridgehead atoms. The normalized spacial score (nSPS) is 11.6. The second-order valence-corrected chi connectivity index (χ2v) is 5.25. The zero-order valence-corrected chi connectivity index (χ0v) is 11.2. The Hall–Kier alpha value is -0.950. The van der Waals surface area contributed by atoms with Crippen LogP contribution in [0.2, 0.25) is 0 Å². The Balaban J connectivity index is 2.88. The third-order valence-electron chi connectivity index (χ3n) is 2.34. The molecule has 0 aliphatic heterocycles. The summed E-state index contributed by atoms with van der Waals surface area (Å²) in [4.78, 5) is 1.14. The molecular weight excluding hydrogens is 212 g/mol. The van der Waals surface area contributed by atoms with Crippen LogP contribution in [0.1, 0.15) is 37.8 Å². The van der Waals surface area contributed by atoms with Crippen LogP contribution in [0.25, 0.3) is 5.57 Å². The van der Waals surface area contributed by atoms with Gasteiger partial charge in [-0.25, -0.2) is 0 Å². The van der Waals surface area contributed by atoms with Gasteiger partial charge < -0.3 is 0 Å². The zero-order valence-electron chi connectivity index (χ0n) is 10.4. The highest BCUT2D eigenvalue weighted by Crippen LogP contribution is 2.26. The van der Waals surface area contributed by atoms with Crippen LogP contribution in [0.5, 0.6) is 0 Å². The summed E-state index contributed by atoms with van der Waals surface area (Å²) in [6.45, 7) is 10.3. The Kier molecular flexibility index (Phi) is 5.41. The Morgan fingerprint density at radius 2 is 1.94 bits per heavy atom. The highest BCUT2D eigenvalue weighted by Gasteiger charge is 2.00. The second-order valence-electron chi connectivity index (χ2n) is 4.08. The van der Waals surface area contributed by atoms with Crippen LogP contribution in [0, 0.1) is 6.92 Å². The summed E-state index contributed by atoms with van der Waals surface area (Å²) in [6.07, 6.45) is 2.31. The Bertz CT molecular complexity index is 371. The lowest BCUT2D eigenvalue weighted by molar-refractivity contribution is 0.974. The van der Waals surface area contributed by atoms with Crippen LogP contribution in [-0.4, -0.2) is 0 Å². The van der Waals surface area contributed by atoms with E-state index >= 15 is 0 Å². The number of thioether (sulfide) groups is 1. The van der Waals surface area contributed by atoms with Crippen LogP contribution in [0.4, 0.5) is 0 Å². The predicted octanol–water partition coefficient (Wildman–Crippen LogP) is 5.40. The van der Waals surface area contributed by atoms with Gasteiger partial charge >= 0.3 is 0 Å². The number of hydrogen-bond acceptors (Lipinski definition) is 1. The van der Waals surface area contributed by atoms with Gasteiger partial charge in [0, 0.05) is 0 Å². The quantitative estimate of drug-likeness (QED) is 0.654. The van der Waals surface area contributed by atoms with Gasteiger partial charge in [-0.2, -0.15) is 0 Å². The molecule has 0 aliphatic rings. The Morgan fingerprint density at radius 3 is 2.44 bits per heavy atom. The van der Waals surface area contributed by atoms with Crippen molar-refractivity contribution in [1.29, 1.82) is 0 Å². The Morgan fingerprint density at radius 1 is 1.31 bits per heavy atom. The van der Waals surface area contributed by atoms with Crippen LogP contribution in [-0.2, 0) is 0 Å². The van der Waals surface area contributed by atoms with Crippen molar-refractivity contribution in [2.24, 2.45) is 0 Å². The minimum absolute atomic E-state index is 1.13. The largest absolute Gasteiger partial charge is 0.103 e. The predicted molar refractivity (Wildman–Crippen MR) is 76.5 cm³/mol. The third-order valence-corrected chi connectivity index (χ3v) is 3.15. The molecule has 1 aromatic carbocycles. The van der Waals surface area contributed by atoms with E-state index in [1.807, 2.05) is 6.92 Å². The molecule has 0 spiro atoms. The van der Waals surface area contributed by atoms with E-state index < -0.39 is 0 Å². The van der Waals surface area contributed by atoms with E-state index in [-0.39, 0.29) is 0 Å². The van der Waals surface area contributed by atoms with Gasteiger partial charge in [0.25, 0.3) is 0 Å². The first-order chi connectivity index (χ1) is 7.63. The molecule has 0 heterocycles. The van der Waals surface area contributed by atoms with Crippen molar-refractivity contribution in [1.82, 2.24) is 0 Å². The molecule has 0 N–H and O–H groups in total. The lowest BCUT2D eigenvalue weighted by Gasteiger charge is -2.07. The van der Waals surface area contributed by atoms with E-state index in [9.17, 15) is 0 Å². The molecule has 1 heteroatoms. The van der Waals surface area contributed by atoms with Crippen LogP contribution < -0.4 is 0 Å². The smallest absolute Gasteiger partial charge is 0.0208 e. The second kappa shape index (κ2) is 6.59. The van der Waals surface area contributed by atoms with Crippen molar-refractivity contribution in [2.75, 3.05) is 0 Å². The molecule has 0 unspecified atom stereocenters. The average molecular weight is 232 g/mol. The number of rotatable bonds is 5. The molecule has 0 atom stereocenters. The topological polar surface area (TPSA) is 0 Å². The molecule has 0 nitrogen and oxygen atoms in total. The lowest BCUT2D eigenvalue weighted by atomic mass is 10.0. The molecule has 86 valence electrons. The summed E-state index contributed by atoms with van der Waals surface area (Å²) < 4.78 is 0. The standard InChI is InChI=1S/C15H20S/c1-5-6-15(11-16-12(2)3)14-9-7-13(4)8-10-14/h7-11H,2,5-6H2,1,3-4H3/b15-11+. The molecule has 0 radical (unpaired) electrons. The van der Waals surface area contributed by atoms with E-state index in [1.165, 1.54) is 23.1 Å². The number of allylic oxidation sites excluding steroid dienone is 2. The molecule has 0 aromatic heterocycles. The van der Waals surface area contributed by atoms with Crippen molar-refractivity contribution in [3.8, 4) is 0 Å². The zero-order chi connectivity index (χ0) is 12.0. The molecule has 0 fully saturated rings. The molecule has 0 aliphatic carbocycles. The fourth-order valence-electron chi connectivity index (χ4n) is 1.48. The molecule has 1 rings (SSSR count). The molecular formula is C15H20S. The van der Waals surface area contributed by atoms with Gasteiger partial charge in [-0.3, -0.25) is 0 Å². The molecule has 16 heavy (non-hydrogen) atoms. The molecule has 0 saturated heterocycles. The maximum Gasteiger partial charge on any atom is -0.0208 e. The van der Waals surface area contributed by atoms with Gasteiger partial charge in [-0.1, -0.05) is 49.8 Å². The monoisotopic (exact) mass is 232 g/mol. The van der Waals surface area contributed by atoms with Crippen LogP contribution in [0.15, 0.2) is 41.2 Å². The first kappa shape index (κ1) is 13.1. The van der Waals surface area contributed by atoms with Gasteiger partial charge in [0.15, 0.2) is 0 Å². The van der Waals surface area contributed by atoms with E-state index in [0.717, 1.165) is 11.3 Å². The van der Waals surface area contributed by atoms with E-state index in [4.69, 9.17) is 0 Å². The SMILES string of the molecule is C=C(C)S/C=C(\CCC)c1ccc(C)cc1. The van der Waals surface area contributed by atoms with Crippen molar-refractivity contribution < 1.29 is 0 Å². The van der Waals surface area contributed by atoms with Crippen molar-refractivity contribution in [3.63, 3.8) is 0 Å². The molecule has 1 aromatic rings. The first-order valence-electron chi connectivity index (χ1n) is 5.71. The van der Waals surface area contributed by atoms with E-state index in [0.29, 0.717) is 0 Å². The average Bonchev–Trinajstić information content (AvgIpc) is 2.25. The van der Waals surface area contributed by atoms with Gasteiger partial charge in [-0.05, 0) is 41.7 Å². The minimum Gasteiger partial charge on any atom is -0.103 e. The summed E-state index contributed by atoms with van der Waals surface area (Å²) in [5, 5.41) is 2.23. The fraction of sp³-hybridized carbons (Fsp3) is 0.333. The van der Waals surface area contributed by atoms with E-state index in [1.54, 1.807) is 11.8 Å². The number of hydrogen-bond donors (Lipinski definition) is 0. The van der Waals surface area contributed by atoms with Gasteiger partial charge in [0.1, 0.15) is 0 Å². The highest BCUT2D eigenvalue weighted by atomic mass is 32.2. The maximum atomic E-state index is 3.91. The summed E-state index contributed by atoms with van der Waals surface area (Å²) in [7, 11) is 0. The summed E-state index contributed by atoms with van der Waals surface area (Å²) in [5.41, 5.74) is 4.06. The van der Waals surface area contributed by atoms with Crippen molar-refractivity contribution in [2.45, 2.75) is 33.6 Å². The summed E-state index contributed by atoms with van der Waals surface area (Å²) >= 11 is 1.72. The lowest BCUT2D eigenvalue weighted by Crippen LogP contribution is -1.84. The fourth-order valence-corrected chi connectivity index (χ4v) is 2.08. The van der Waals surface area contributed by atoms with Crippen molar-refractivity contribution >= 4 is 17.3 Å². The van der Waals surface area contributed by atoms with Gasteiger partial charge in [0.05, 0.1) is 0 Å². The van der Waals surface area contributed by atoms with Gasteiger partial charge in [-0.15, -0.1) is 11.8 Å². The number of aryl methyl sites for hydroxylation is 1. The molecule has 0 saturated carbocycles. The third kappa shape index (κ3) is 4.28.